The molecule has 3 rings (SSSR count). The highest BCUT2D eigenvalue weighted by Crippen LogP contribution is 2.26. The standard InChI is InChI=1S/C30H38N2O3/c1-3-5-7-9-11-13-23-33-27-19-15-25(16-20-27)29-31-32-30(35-29)26-17-21-28(22-18-26)34-24-14-12-10-8-6-4-2/h11-22H,3-10,23-24H2,1-2H3/b13-11+,14-12+. The van der Waals surface area contributed by atoms with Gasteiger partial charge in [-0.3, -0.25) is 0 Å². The maximum absolute atomic E-state index is 5.90. The van der Waals surface area contributed by atoms with Crippen LogP contribution in [0, 0.1) is 0 Å². The highest BCUT2D eigenvalue weighted by atomic mass is 16.5. The first-order valence-electron chi connectivity index (χ1n) is 12.9. The minimum absolute atomic E-state index is 0.482. The van der Waals surface area contributed by atoms with E-state index in [-0.39, 0.29) is 0 Å². The van der Waals surface area contributed by atoms with Gasteiger partial charge in [-0.1, -0.05) is 63.8 Å². The molecular formula is C30H38N2O3. The Morgan fingerprint density at radius 2 is 1.03 bits per heavy atom. The molecule has 1 aromatic heterocycles. The highest BCUT2D eigenvalue weighted by molar-refractivity contribution is 5.59. The molecule has 0 aliphatic carbocycles. The molecule has 0 atom stereocenters. The fourth-order valence-corrected chi connectivity index (χ4v) is 3.53. The molecule has 0 fully saturated rings. The molecule has 0 aliphatic heterocycles. The van der Waals surface area contributed by atoms with Gasteiger partial charge in [0.05, 0.1) is 0 Å². The average Bonchev–Trinajstić information content (AvgIpc) is 3.39. The van der Waals surface area contributed by atoms with Crippen LogP contribution in [0.2, 0.25) is 0 Å². The van der Waals surface area contributed by atoms with E-state index >= 15 is 0 Å². The van der Waals surface area contributed by atoms with E-state index in [2.05, 4.69) is 48.3 Å². The lowest BCUT2D eigenvalue weighted by molar-refractivity contribution is 0.362. The zero-order valence-corrected chi connectivity index (χ0v) is 21.1. The smallest absolute Gasteiger partial charge is 0.248 e. The Balaban J connectivity index is 1.46. The van der Waals surface area contributed by atoms with Crippen molar-refractivity contribution in [3.05, 3.63) is 72.8 Å². The second kappa shape index (κ2) is 15.5. The van der Waals surface area contributed by atoms with Crippen molar-refractivity contribution in [2.45, 2.75) is 65.2 Å². The predicted molar refractivity (Wildman–Crippen MR) is 143 cm³/mol. The number of benzene rings is 2. The molecule has 1 heterocycles. The van der Waals surface area contributed by atoms with Crippen molar-refractivity contribution in [1.82, 2.24) is 10.2 Å². The zero-order valence-electron chi connectivity index (χ0n) is 21.1. The van der Waals surface area contributed by atoms with Gasteiger partial charge in [-0.25, -0.2) is 0 Å². The number of unbranched alkanes of at least 4 members (excludes halogenated alkanes) is 6. The van der Waals surface area contributed by atoms with Gasteiger partial charge in [0.15, 0.2) is 0 Å². The molecule has 5 heteroatoms. The van der Waals surface area contributed by atoms with Gasteiger partial charge in [0, 0.05) is 11.1 Å². The van der Waals surface area contributed by atoms with E-state index in [1.165, 1.54) is 38.5 Å². The minimum Gasteiger partial charge on any atom is -0.490 e. The van der Waals surface area contributed by atoms with Crippen LogP contribution in [0.1, 0.15) is 65.2 Å². The average molecular weight is 475 g/mol. The normalized spacial score (nSPS) is 11.5. The van der Waals surface area contributed by atoms with Crippen LogP contribution in [-0.2, 0) is 0 Å². The van der Waals surface area contributed by atoms with Gasteiger partial charge in [-0.15, -0.1) is 10.2 Å². The molecule has 5 nitrogen and oxygen atoms in total. The van der Waals surface area contributed by atoms with Crippen molar-refractivity contribution in [1.29, 1.82) is 0 Å². The van der Waals surface area contributed by atoms with Gasteiger partial charge in [-0.2, -0.15) is 0 Å². The Morgan fingerprint density at radius 3 is 1.43 bits per heavy atom. The number of hydrogen-bond acceptors (Lipinski definition) is 5. The van der Waals surface area contributed by atoms with Crippen molar-refractivity contribution < 1.29 is 13.9 Å². The van der Waals surface area contributed by atoms with E-state index in [1.54, 1.807) is 0 Å². The van der Waals surface area contributed by atoms with Crippen LogP contribution in [0.15, 0.2) is 77.3 Å². The summed E-state index contributed by atoms with van der Waals surface area (Å²) in [7, 11) is 0. The van der Waals surface area contributed by atoms with Crippen molar-refractivity contribution in [3.8, 4) is 34.4 Å². The van der Waals surface area contributed by atoms with E-state index < -0.39 is 0 Å². The molecule has 0 radical (unpaired) electrons. The Morgan fingerprint density at radius 1 is 0.600 bits per heavy atom. The summed E-state index contributed by atoms with van der Waals surface area (Å²) in [5.41, 5.74) is 1.72. The van der Waals surface area contributed by atoms with Gasteiger partial charge in [0.25, 0.3) is 0 Å². The number of hydrogen-bond donors (Lipinski definition) is 0. The lowest BCUT2D eigenvalue weighted by atomic mass is 10.2. The molecule has 0 spiro atoms. The molecular weight excluding hydrogens is 436 g/mol. The summed E-state index contributed by atoms with van der Waals surface area (Å²) in [5.74, 6) is 2.60. The second-order valence-corrected chi connectivity index (χ2v) is 8.52. The van der Waals surface area contributed by atoms with E-state index in [0.717, 1.165) is 35.5 Å². The summed E-state index contributed by atoms with van der Waals surface area (Å²) in [6.07, 6.45) is 18.3. The molecule has 0 saturated heterocycles. The van der Waals surface area contributed by atoms with Crippen molar-refractivity contribution in [2.75, 3.05) is 13.2 Å². The summed E-state index contributed by atoms with van der Waals surface area (Å²) in [5, 5.41) is 8.42. The first-order valence-corrected chi connectivity index (χ1v) is 12.9. The molecule has 0 unspecified atom stereocenters. The molecule has 0 amide bonds. The van der Waals surface area contributed by atoms with Crippen molar-refractivity contribution in [3.63, 3.8) is 0 Å². The molecule has 186 valence electrons. The van der Waals surface area contributed by atoms with Crippen LogP contribution in [0.25, 0.3) is 22.9 Å². The van der Waals surface area contributed by atoms with Crippen LogP contribution < -0.4 is 9.47 Å². The third-order valence-corrected chi connectivity index (χ3v) is 5.60. The second-order valence-electron chi connectivity index (χ2n) is 8.52. The fraction of sp³-hybridized carbons (Fsp3) is 0.400. The molecule has 0 N–H and O–H groups in total. The van der Waals surface area contributed by atoms with Crippen LogP contribution in [0.3, 0.4) is 0 Å². The van der Waals surface area contributed by atoms with Crippen LogP contribution in [0.4, 0.5) is 0 Å². The minimum atomic E-state index is 0.482. The van der Waals surface area contributed by atoms with Gasteiger partial charge >= 0.3 is 0 Å². The maximum atomic E-state index is 5.90. The Bertz CT molecular complexity index is 939. The van der Waals surface area contributed by atoms with Crippen molar-refractivity contribution >= 4 is 0 Å². The lowest BCUT2D eigenvalue weighted by Crippen LogP contribution is -1.93. The lowest BCUT2D eigenvalue weighted by Gasteiger charge is -2.04. The molecule has 35 heavy (non-hydrogen) atoms. The summed E-state index contributed by atoms with van der Waals surface area (Å²) in [6, 6.07) is 15.4. The molecule has 2 aromatic carbocycles. The summed E-state index contributed by atoms with van der Waals surface area (Å²) < 4.78 is 17.5. The molecule has 3 aromatic rings. The van der Waals surface area contributed by atoms with E-state index in [4.69, 9.17) is 13.9 Å². The number of allylic oxidation sites excluding steroid dienone is 2. The third kappa shape index (κ3) is 9.44. The number of ether oxygens (including phenoxy) is 2. The fourth-order valence-electron chi connectivity index (χ4n) is 3.53. The van der Waals surface area contributed by atoms with E-state index in [9.17, 15) is 0 Å². The van der Waals surface area contributed by atoms with Gasteiger partial charge < -0.3 is 13.9 Å². The third-order valence-electron chi connectivity index (χ3n) is 5.60. The van der Waals surface area contributed by atoms with Crippen LogP contribution >= 0.6 is 0 Å². The zero-order chi connectivity index (χ0) is 24.6. The quantitative estimate of drug-likeness (QED) is 0.154. The van der Waals surface area contributed by atoms with Gasteiger partial charge in [0.2, 0.25) is 11.8 Å². The maximum Gasteiger partial charge on any atom is 0.248 e. The van der Waals surface area contributed by atoms with Gasteiger partial charge in [-0.05, 0) is 74.2 Å². The molecule has 0 aliphatic rings. The van der Waals surface area contributed by atoms with Crippen LogP contribution in [-0.4, -0.2) is 23.4 Å². The van der Waals surface area contributed by atoms with E-state index in [0.29, 0.717) is 25.0 Å². The SMILES string of the molecule is CCCCC/C=C/COc1ccc(-c2nnc(-c3ccc(OC/C=C/CCCCC)cc3)o2)cc1. The van der Waals surface area contributed by atoms with E-state index in [1.807, 2.05) is 48.5 Å². The topological polar surface area (TPSA) is 57.4 Å². The van der Waals surface area contributed by atoms with Crippen molar-refractivity contribution in [2.24, 2.45) is 0 Å². The predicted octanol–water partition coefficient (Wildman–Crippen LogP) is 8.43. The number of aromatic nitrogens is 2. The van der Waals surface area contributed by atoms with Crippen LogP contribution in [0.5, 0.6) is 11.5 Å². The molecule has 0 saturated carbocycles. The Kier molecular flexibility index (Phi) is 11.7. The summed E-state index contributed by atoms with van der Waals surface area (Å²) in [6.45, 7) is 5.58. The number of rotatable bonds is 16. The first-order chi connectivity index (χ1) is 17.3. The highest BCUT2D eigenvalue weighted by Gasteiger charge is 2.11. The Labute approximate surface area is 209 Å². The summed E-state index contributed by atoms with van der Waals surface area (Å²) in [4.78, 5) is 0. The first kappa shape index (κ1) is 26.3. The number of nitrogens with zero attached hydrogens (tertiary/aromatic N) is 2. The monoisotopic (exact) mass is 474 g/mol. The largest absolute Gasteiger partial charge is 0.490 e. The summed E-state index contributed by atoms with van der Waals surface area (Å²) >= 11 is 0. The molecule has 0 bridgehead atoms. The van der Waals surface area contributed by atoms with Gasteiger partial charge in [0.1, 0.15) is 24.7 Å². The Hall–Kier alpha value is -3.34.